The zero-order valence-corrected chi connectivity index (χ0v) is 17.7. The lowest BCUT2D eigenvalue weighted by atomic mass is 9.87. The SMILES string of the molecule is C[C@@H](OC(=O)CCCNC(=O)OC(C)(C)C)C(=O)N[C@@H]1CCCc2ccccc21. The fourth-order valence-electron chi connectivity index (χ4n) is 3.24. The van der Waals surface area contributed by atoms with Gasteiger partial charge in [-0.1, -0.05) is 24.3 Å². The Morgan fingerprint density at radius 3 is 2.66 bits per heavy atom. The number of aryl methyl sites for hydroxylation is 1. The van der Waals surface area contributed by atoms with E-state index in [-0.39, 0.29) is 18.4 Å². The van der Waals surface area contributed by atoms with Gasteiger partial charge in [-0.3, -0.25) is 9.59 Å². The second-order valence-electron chi connectivity index (χ2n) is 8.32. The summed E-state index contributed by atoms with van der Waals surface area (Å²) in [5, 5.41) is 5.58. The average molecular weight is 405 g/mol. The predicted octanol–water partition coefficient (Wildman–Crippen LogP) is 3.42. The number of carbonyl (C=O) groups excluding carboxylic acids is 3. The Morgan fingerprint density at radius 2 is 1.93 bits per heavy atom. The molecule has 2 atom stereocenters. The van der Waals surface area contributed by atoms with Crippen LogP contribution in [0.3, 0.4) is 0 Å². The van der Waals surface area contributed by atoms with Crippen molar-refractivity contribution in [3.05, 3.63) is 35.4 Å². The fraction of sp³-hybridized carbons (Fsp3) is 0.591. The van der Waals surface area contributed by atoms with Gasteiger partial charge in [-0.25, -0.2) is 4.79 Å². The maximum Gasteiger partial charge on any atom is 0.407 e. The van der Waals surface area contributed by atoms with E-state index in [0.717, 1.165) is 24.8 Å². The molecule has 2 rings (SSSR count). The van der Waals surface area contributed by atoms with Crippen LogP contribution in [0.2, 0.25) is 0 Å². The van der Waals surface area contributed by atoms with Crippen molar-refractivity contribution in [2.75, 3.05) is 6.54 Å². The summed E-state index contributed by atoms with van der Waals surface area (Å²) in [5.74, 6) is -0.769. The lowest BCUT2D eigenvalue weighted by Crippen LogP contribution is -2.39. The van der Waals surface area contributed by atoms with Crippen LogP contribution in [0.15, 0.2) is 24.3 Å². The van der Waals surface area contributed by atoms with Crippen molar-refractivity contribution >= 4 is 18.0 Å². The van der Waals surface area contributed by atoms with Crippen molar-refractivity contribution in [1.29, 1.82) is 0 Å². The van der Waals surface area contributed by atoms with Crippen LogP contribution < -0.4 is 10.6 Å². The molecular weight excluding hydrogens is 372 g/mol. The molecule has 0 unspecified atom stereocenters. The Balaban J connectivity index is 1.70. The summed E-state index contributed by atoms with van der Waals surface area (Å²) < 4.78 is 10.4. The maximum absolute atomic E-state index is 12.4. The summed E-state index contributed by atoms with van der Waals surface area (Å²) in [6, 6.07) is 8.05. The zero-order valence-electron chi connectivity index (χ0n) is 17.7. The van der Waals surface area contributed by atoms with Gasteiger partial charge in [-0.15, -0.1) is 0 Å². The van der Waals surface area contributed by atoms with Crippen LogP contribution in [0.1, 0.15) is 70.5 Å². The first-order valence-corrected chi connectivity index (χ1v) is 10.2. The normalized spacial score (nSPS) is 16.9. The number of esters is 1. The second kappa shape index (κ2) is 10.3. The van der Waals surface area contributed by atoms with Gasteiger partial charge in [0.15, 0.2) is 6.10 Å². The largest absolute Gasteiger partial charge is 0.453 e. The Labute approximate surface area is 172 Å². The summed E-state index contributed by atoms with van der Waals surface area (Å²) in [6.07, 6.45) is 2.04. The lowest BCUT2D eigenvalue weighted by molar-refractivity contribution is -0.155. The van der Waals surface area contributed by atoms with E-state index in [1.807, 2.05) is 18.2 Å². The number of ether oxygens (including phenoxy) is 2. The van der Waals surface area contributed by atoms with Crippen molar-refractivity contribution in [3.8, 4) is 0 Å². The number of amides is 2. The molecule has 0 radical (unpaired) electrons. The fourth-order valence-corrected chi connectivity index (χ4v) is 3.24. The molecule has 0 aromatic heterocycles. The number of nitrogens with one attached hydrogen (secondary N) is 2. The predicted molar refractivity (Wildman–Crippen MR) is 109 cm³/mol. The Kier molecular flexibility index (Phi) is 8.05. The Hall–Kier alpha value is -2.57. The molecule has 7 nitrogen and oxygen atoms in total. The van der Waals surface area contributed by atoms with E-state index in [0.29, 0.717) is 13.0 Å². The van der Waals surface area contributed by atoms with Gasteiger partial charge in [-0.05, 0) is 64.5 Å². The first kappa shape index (κ1) is 22.7. The van der Waals surface area contributed by atoms with Crippen LogP contribution in [0.25, 0.3) is 0 Å². The Bertz CT molecular complexity index is 726. The van der Waals surface area contributed by atoms with Gasteiger partial charge < -0.3 is 20.1 Å². The molecule has 0 bridgehead atoms. The summed E-state index contributed by atoms with van der Waals surface area (Å²) in [7, 11) is 0. The summed E-state index contributed by atoms with van der Waals surface area (Å²) in [6.45, 7) is 7.21. The molecule has 0 aliphatic heterocycles. The molecule has 29 heavy (non-hydrogen) atoms. The highest BCUT2D eigenvalue weighted by molar-refractivity contribution is 5.83. The summed E-state index contributed by atoms with van der Waals surface area (Å²) in [4.78, 5) is 36.0. The monoisotopic (exact) mass is 404 g/mol. The molecule has 2 amide bonds. The minimum absolute atomic E-state index is 0.0494. The quantitative estimate of drug-likeness (QED) is 0.536. The van der Waals surface area contributed by atoms with E-state index < -0.39 is 23.8 Å². The topological polar surface area (TPSA) is 93.7 Å². The number of benzene rings is 1. The van der Waals surface area contributed by atoms with Crippen LogP contribution in [-0.4, -0.2) is 36.2 Å². The van der Waals surface area contributed by atoms with Gasteiger partial charge in [0.05, 0.1) is 6.04 Å². The molecule has 2 N–H and O–H groups in total. The van der Waals surface area contributed by atoms with Gasteiger partial charge in [0, 0.05) is 13.0 Å². The van der Waals surface area contributed by atoms with Crippen LogP contribution in [0.5, 0.6) is 0 Å². The third-order valence-corrected chi connectivity index (χ3v) is 4.59. The molecule has 1 aliphatic rings. The molecule has 1 aliphatic carbocycles. The first-order chi connectivity index (χ1) is 13.7. The number of hydrogen-bond donors (Lipinski definition) is 2. The third-order valence-electron chi connectivity index (χ3n) is 4.59. The summed E-state index contributed by atoms with van der Waals surface area (Å²) >= 11 is 0. The molecule has 0 fully saturated rings. The number of fused-ring (bicyclic) bond motifs is 1. The van der Waals surface area contributed by atoms with Crippen molar-refractivity contribution in [2.45, 2.75) is 77.5 Å². The van der Waals surface area contributed by atoms with Crippen LogP contribution in [0.4, 0.5) is 4.79 Å². The molecule has 0 heterocycles. The second-order valence-corrected chi connectivity index (χ2v) is 8.32. The van der Waals surface area contributed by atoms with Crippen LogP contribution >= 0.6 is 0 Å². The Morgan fingerprint density at radius 1 is 1.21 bits per heavy atom. The molecule has 0 saturated heterocycles. The lowest BCUT2D eigenvalue weighted by Gasteiger charge is -2.27. The zero-order chi connectivity index (χ0) is 21.4. The van der Waals surface area contributed by atoms with Crippen LogP contribution in [-0.2, 0) is 25.5 Å². The standard InChI is InChI=1S/C22H32N2O5/c1-15(28-19(25)13-8-14-23-21(27)29-22(2,3)4)20(26)24-18-12-7-10-16-9-5-6-11-17(16)18/h5-6,9,11,15,18H,7-8,10,12-14H2,1-4H3,(H,23,27)(H,24,26)/t15-,18-/m1/s1. The minimum Gasteiger partial charge on any atom is -0.453 e. The van der Waals surface area contributed by atoms with E-state index in [9.17, 15) is 14.4 Å². The number of hydrogen-bond acceptors (Lipinski definition) is 5. The highest BCUT2D eigenvalue weighted by Gasteiger charge is 2.25. The first-order valence-electron chi connectivity index (χ1n) is 10.2. The minimum atomic E-state index is -0.865. The molecule has 7 heteroatoms. The van der Waals surface area contributed by atoms with Gasteiger partial charge in [0.25, 0.3) is 5.91 Å². The highest BCUT2D eigenvalue weighted by Crippen LogP contribution is 2.29. The molecule has 1 aromatic carbocycles. The van der Waals surface area contributed by atoms with Crippen molar-refractivity contribution in [1.82, 2.24) is 10.6 Å². The number of alkyl carbamates (subject to hydrolysis) is 1. The van der Waals surface area contributed by atoms with Crippen molar-refractivity contribution in [3.63, 3.8) is 0 Å². The highest BCUT2D eigenvalue weighted by atomic mass is 16.6. The molecule has 0 spiro atoms. The van der Waals surface area contributed by atoms with Gasteiger partial charge in [0.2, 0.25) is 0 Å². The van der Waals surface area contributed by atoms with E-state index >= 15 is 0 Å². The molecular formula is C22H32N2O5. The average Bonchev–Trinajstić information content (AvgIpc) is 2.64. The number of carbonyl (C=O) groups is 3. The number of rotatable bonds is 7. The maximum atomic E-state index is 12.4. The molecule has 0 saturated carbocycles. The van der Waals surface area contributed by atoms with E-state index in [1.165, 1.54) is 5.56 Å². The van der Waals surface area contributed by atoms with E-state index in [2.05, 4.69) is 16.7 Å². The van der Waals surface area contributed by atoms with Gasteiger partial charge >= 0.3 is 12.1 Å². The van der Waals surface area contributed by atoms with Crippen molar-refractivity contribution < 1.29 is 23.9 Å². The molecule has 1 aromatic rings. The third kappa shape index (κ3) is 7.75. The van der Waals surface area contributed by atoms with Crippen LogP contribution in [0, 0.1) is 0 Å². The van der Waals surface area contributed by atoms with E-state index in [1.54, 1.807) is 27.7 Å². The molecule has 160 valence electrons. The van der Waals surface area contributed by atoms with Gasteiger partial charge in [0.1, 0.15) is 5.60 Å². The smallest absolute Gasteiger partial charge is 0.407 e. The van der Waals surface area contributed by atoms with E-state index in [4.69, 9.17) is 9.47 Å². The van der Waals surface area contributed by atoms with Crippen molar-refractivity contribution in [2.24, 2.45) is 0 Å². The van der Waals surface area contributed by atoms with Gasteiger partial charge in [-0.2, -0.15) is 0 Å². The summed E-state index contributed by atoms with van der Waals surface area (Å²) in [5.41, 5.74) is 1.83.